The van der Waals surface area contributed by atoms with Gasteiger partial charge >= 0.3 is 0 Å². The van der Waals surface area contributed by atoms with Crippen molar-refractivity contribution < 1.29 is 0 Å². The smallest absolute Gasteiger partial charge is 0.264 e. The van der Waals surface area contributed by atoms with Crippen LogP contribution in [-0.4, -0.2) is 37.5 Å². The van der Waals surface area contributed by atoms with E-state index in [-0.39, 0.29) is 22.2 Å². The Morgan fingerprint density at radius 1 is 0.225 bits per heavy atom. The first kappa shape index (κ1) is 41.9. The van der Waals surface area contributed by atoms with E-state index in [1.165, 1.54) is 0 Å². The third kappa shape index (κ3) is 5.15. The molecule has 0 radical (unpaired) electrons. The van der Waals surface area contributed by atoms with E-state index in [4.69, 9.17) is 19.9 Å². The molecule has 8 aromatic heterocycles. The molecule has 0 spiro atoms. The average Bonchev–Trinajstić information content (AvgIpc) is 4.29. The summed E-state index contributed by atoms with van der Waals surface area (Å²) in [6, 6.07) is 63.8. The van der Waals surface area contributed by atoms with E-state index < -0.39 is 0 Å². The van der Waals surface area contributed by atoms with Crippen molar-refractivity contribution in [3.8, 4) is 0 Å². The maximum Gasteiger partial charge on any atom is 0.264 e. The average molecular weight is 1030 g/mol. The quantitative estimate of drug-likeness (QED) is 0.137. The number of hydrogen-bond donors (Lipinski definition) is 0. The molecule has 20 rings (SSSR count). The van der Waals surface area contributed by atoms with Crippen LogP contribution in [0.1, 0.15) is 0 Å². The van der Waals surface area contributed by atoms with Crippen molar-refractivity contribution in [3.05, 3.63) is 236 Å². The number of aromatic nitrogens is 8. The van der Waals surface area contributed by atoms with Gasteiger partial charge in [0.2, 0.25) is 0 Å². The number of fused-ring (bicyclic) bond motifs is 20. The molecule has 12 aromatic carbocycles. The third-order valence-electron chi connectivity index (χ3n) is 17.1. The molecule has 368 valence electrons. The molecular formula is C68H32N8O4. The van der Waals surface area contributed by atoms with Crippen molar-refractivity contribution in [2.45, 2.75) is 0 Å². The summed E-state index contributed by atoms with van der Waals surface area (Å²) < 4.78 is 6.86. The summed E-state index contributed by atoms with van der Waals surface area (Å²) in [5, 5.41) is 17.2. The molecule has 0 amide bonds. The monoisotopic (exact) mass is 1020 g/mol. The van der Waals surface area contributed by atoms with E-state index in [0.717, 1.165) is 130 Å². The fraction of sp³-hybridized carbons (Fsp3) is 0. The molecule has 20 aromatic rings. The molecule has 0 saturated heterocycles. The zero-order valence-electron chi connectivity index (χ0n) is 41.7. The van der Waals surface area contributed by atoms with Gasteiger partial charge in [0.05, 0.1) is 44.1 Å². The van der Waals surface area contributed by atoms with Gasteiger partial charge in [0.25, 0.3) is 22.2 Å². The first-order valence-electron chi connectivity index (χ1n) is 26.4. The Kier molecular flexibility index (Phi) is 7.56. The molecule has 0 aliphatic heterocycles. The van der Waals surface area contributed by atoms with Crippen LogP contribution in [0.15, 0.2) is 213 Å². The molecule has 8 heterocycles. The lowest BCUT2D eigenvalue weighted by Crippen LogP contribution is -2.16. The lowest BCUT2D eigenvalue weighted by Gasteiger charge is -2.12. The minimum Gasteiger partial charge on any atom is -0.268 e. The van der Waals surface area contributed by atoms with Gasteiger partial charge in [-0.3, -0.25) is 36.8 Å². The van der Waals surface area contributed by atoms with Crippen LogP contribution < -0.4 is 22.2 Å². The van der Waals surface area contributed by atoms with Crippen molar-refractivity contribution >= 4 is 174 Å². The highest BCUT2D eigenvalue weighted by Gasteiger charge is 2.25. The summed E-state index contributed by atoms with van der Waals surface area (Å²) in [4.78, 5) is 76.0. The Hall–Kier alpha value is -11.2. The Bertz CT molecular complexity index is 5790. The number of imidazole rings is 4. The molecule has 0 saturated carbocycles. The van der Waals surface area contributed by atoms with Gasteiger partial charge in [-0.1, -0.05) is 97.1 Å². The fourth-order valence-electron chi connectivity index (χ4n) is 13.5. The molecule has 80 heavy (non-hydrogen) atoms. The summed E-state index contributed by atoms with van der Waals surface area (Å²) in [5.41, 5.74) is 8.05. The standard InChI is InChI=1S/2C34H16N4O2/c39-33-23-12-10-22-30-24(34(40)38-28-16-20-8-4-2-6-18(20)14-26(28)36-32(22)38)11-9-21(29(23)30)31-35-25-13-17-5-1-3-7-19(17)15-27(25)37(31)33;39-33-23-11-12-24-30-22(32-36-26-14-18-6-2-4-8-20(18)16-28(26)38(32)34(24)40)10-9-21(29(23)30)31-35-25-13-17-5-1-3-7-19(17)15-27(25)37(31)33/h2*1-16H. The van der Waals surface area contributed by atoms with Gasteiger partial charge in [0.15, 0.2) is 0 Å². The number of benzene rings is 12. The van der Waals surface area contributed by atoms with Crippen LogP contribution in [0.5, 0.6) is 0 Å². The molecule has 0 N–H and O–H groups in total. The molecule has 12 nitrogen and oxygen atoms in total. The molecule has 0 unspecified atom stereocenters. The van der Waals surface area contributed by atoms with Crippen LogP contribution in [0.3, 0.4) is 0 Å². The van der Waals surface area contributed by atoms with Crippen molar-refractivity contribution in [2.24, 2.45) is 0 Å². The highest BCUT2D eigenvalue weighted by Crippen LogP contribution is 2.40. The molecule has 0 fully saturated rings. The number of nitrogens with zero attached hydrogens (tertiary/aromatic N) is 8. The first-order valence-corrected chi connectivity index (χ1v) is 26.4. The van der Waals surface area contributed by atoms with Crippen LogP contribution in [0, 0.1) is 0 Å². The van der Waals surface area contributed by atoms with E-state index in [1.54, 1.807) is 29.7 Å². The number of rotatable bonds is 0. The van der Waals surface area contributed by atoms with Gasteiger partial charge in [-0.05, 0) is 140 Å². The summed E-state index contributed by atoms with van der Waals surface area (Å²) in [7, 11) is 0. The Morgan fingerprint density at radius 2 is 0.412 bits per heavy atom. The zero-order chi connectivity index (χ0) is 52.5. The van der Waals surface area contributed by atoms with Crippen LogP contribution in [0.25, 0.3) is 174 Å². The number of hydrogen-bond acceptors (Lipinski definition) is 8. The van der Waals surface area contributed by atoms with Gasteiger partial charge in [0, 0.05) is 64.6 Å². The van der Waals surface area contributed by atoms with Crippen molar-refractivity contribution in [1.82, 2.24) is 37.5 Å². The maximum absolute atomic E-state index is 14.1. The summed E-state index contributed by atoms with van der Waals surface area (Å²) in [5.74, 6) is 0. The fourth-order valence-corrected chi connectivity index (χ4v) is 13.5. The van der Waals surface area contributed by atoms with E-state index in [2.05, 4.69) is 24.3 Å². The Labute approximate surface area is 445 Å². The predicted molar refractivity (Wildman–Crippen MR) is 323 cm³/mol. The second kappa shape index (κ2) is 14.4. The van der Waals surface area contributed by atoms with Gasteiger partial charge in [0.1, 0.15) is 22.6 Å². The van der Waals surface area contributed by atoms with E-state index >= 15 is 0 Å². The van der Waals surface area contributed by atoms with E-state index in [1.807, 2.05) is 158 Å². The topological polar surface area (TPSA) is 137 Å². The normalized spacial score (nSPS) is 12.7. The highest BCUT2D eigenvalue weighted by molar-refractivity contribution is 6.29. The molecule has 0 atom stereocenters. The van der Waals surface area contributed by atoms with Crippen LogP contribution in [0.4, 0.5) is 0 Å². The second-order valence-corrected chi connectivity index (χ2v) is 21.2. The predicted octanol–water partition coefficient (Wildman–Crippen LogP) is 13.3. The lowest BCUT2D eigenvalue weighted by atomic mass is 9.96. The van der Waals surface area contributed by atoms with Crippen molar-refractivity contribution in [1.29, 1.82) is 0 Å². The molecule has 0 aliphatic carbocycles. The van der Waals surface area contributed by atoms with E-state index in [0.29, 0.717) is 44.1 Å². The van der Waals surface area contributed by atoms with Gasteiger partial charge in [-0.2, -0.15) is 0 Å². The van der Waals surface area contributed by atoms with Crippen LogP contribution in [0.2, 0.25) is 0 Å². The van der Waals surface area contributed by atoms with Gasteiger partial charge < -0.3 is 0 Å². The zero-order valence-corrected chi connectivity index (χ0v) is 41.7. The van der Waals surface area contributed by atoms with Crippen LogP contribution >= 0.6 is 0 Å². The lowest BCUT2D eigenvalue weighted by molar-refractivity contribution is 1.18. The van der Waals surface area contributed by atoms with Crippen molar-refractivity contribution in [3.63, 3.8) is 0 Å². The molecule has 12 heteroatoms. The van der Waals surface area contributed by atoms with E-state index in [9.17, 15) is 19.2 Å². The third-order valence-corrected chi connectivity index (χ3v) is 17.1. The summed E-state index contributed by atoms with van der Waals surface area (Å²) in [6.45, 7) is 0. The molecule has 0 bridgehead atoms. The summed E-state index contributed by atoms with van der Waals surface area (Å²) in [6.07, 6.45) is 0. The molecular weight excluding hydrogens is 993 g/mol. The Balaban J connectivity index is 0.000000120. The van der Waals surface area contributed by atoms with Crippen molar-refractivity contribution in [2.75, 3.05) is 0 Å². The van der Waals surface area contributed by atoms with Gasteiger partial charge in [-0.25, -0.2) is 19.9 Å². The minimum atomic E-state index is -0.137. The Morgan fingerprint density at radius 3 is 0.625 bits per heavy atom. The second-order valence-electron chi connectivity index (χ2n) is 21.2. The van der Waals surface area contributed by atoms with Crippen LogP contribution in [-0.2, 0) is 0 Å². The van der Waals surface area contributed by atoms with Gasteiger partial charge in [-0.15, -0.1) is 0 Å². The maximum atomic E-state index is 14.1. The summed E-state index contributed by atoms with van der Waals surface area (Å²) >= 11 is 0. The highest BCUT2D eigenvalue weighted by atomic mass is 16.1. The SMILES string of the molecule is O=c1c2ccc3c(=O)n4c5cc6ccccc6cc5nc4c4ccc(c2c34)c2nc3cc4ccccc4cc3n12.O=c1c2ccc3c4c(ccc(c24)c2nc4cc5ccccc5cc4n12)c(=O)n1c2cc4ccccc4cc2nc31. The first-order chi connectivity index (χ1) is 39.3. The minimum absolute atomic E-state index is 0.137. The number of pyridine rings is 4. The molecule has 0 aliphatic rings. The largest absolute Gasteiger partial charge is 0.268 e.